The Hall–Kier alpha value is -4.78. The molecular formula is C42H48N2O5. The van der Waals surface area contributed by atoms with Gasteiger partial charge < -0.3 is 14.1 Å². The van der Waals surface area contributed by atoms with Gasteiger partial charge in [0.05, 0.1) is 24.3 Å². The molecule has 0 aliphatic heterocycles. The Balaban J connectivity index is 1.80. The number of hydrogen-bond acceptors (Lipinski definition) is 6. The Morgan fingerprint density at radius 3 is 2.20 bits per heavy atom. The van der Waals surface area contributed by atoms with E-state index in [0.717, 1.165) is 86.2 Å². The first kappa shape index (κ1) is 35.5. The molecule has 0 bridgehead atoms. The number of hydrogen-bond donors (Lipinski definition) is 0. The van der Waals surface area contributed by atoms with Gasteiger partial charge in [-0.3, -0.25) is 9.59 Å². The van der Waals surface area contributed by atoms with Crippen molar-refractivity contribution < 1.29 is 24.0 Å². The molecule has 5 rings (SSSR count). The van der Waals surface area contributed by atoms with Crippen molar-refractivity contribution in [3.8, 4) is 0 Å². The Bertz CT molecular complexity index is 2050. The quantitative estimate of drug-likeness (QED) is 0.0389. The van der Waals surface area contributed by atoms with Crippen molar-refractivity contribution in [2.75, 3.05) is 6.61 Å². The van der Waals surface area contributed by atoms with E-state index in [1.54, 1.807) is 6.92 Å². The molecule has 0 aliphatic rings. The molecule has 0 saturated heterocycles. The van der Waals surface area contributed by atoms with Gasteiger partial charge in [-0.25, -0.2) is 4.79 Å². The third kappa shape index (κ3) is 7.61. The molecule has 256 valence electrons. The van der Waals surface area contributed by atoms with Gasteiger partial charge in [0.2, 0.25) is 0 Å². The highest BCUT2D eigenvalue weighted by Crippen LogP contribution is 2.39. The minimum atomic E-state index is -0.541. The van der Waals surface area contributed by atoms with E-state index in [0.29, 0.717) is 17.2 Å². The number of carbonyl (C=O) groups excluding carboxylic acids is 3. The van der Waals surface area contributed by atoms with E-state index in [-0.39, 0.29) is 31.2 Å². The fraction of sp³-hybridized carbons (Fsp3) is 0.381. The fourth-order valence-corrected chi connectivity index (χ4v) is 7.18. The summed E-state index contributed by atoms with van der Waals surface area (Å²) in [5, 5.41) is 8.08. The van der Waals surface area contributed by atoms with E-state index in [1.807, 2.05) is 32.0 Å². The Labute approximate surface area is 289 Å². The number of oxime groups is 1. The topological polar surface area (TPSA) is 87.0 Å². The van der Waals surface area contributed by atoms with Gasteiger partial charge >= 0.3 is 11.9 Å². The van der Waals surface area contributed by atoms with Crippen molar-refractivity contribution in [3.63, 3.8) is 0 Å². The van der Waals surface area contributed by atoms with Gasteiger partial charge in [0.15, 0.2) is 5.78 Å². The Morgan fingerprint density at radius 2 is 1.55 bits per heavy atom. The number of carbonyl (C=O) groups is 3. The van der Waals surface area contributed by atoms with Crippen LogP contribution in [0.3, 0.4) is 0 Å². The Morgan fingerprint density at radius 1 is 0.837 bits per heavy atom. The van der Waals surface area contributed by atoms with E-state index < -0.39 is 5.97 Å². The predicted molar refractivity (Wildman–Crippen MR) is 199 cm³/mol. The second-order valence-corrected chi connectivity index (χ2v) is 13.2. The fourth-order valence-electron chi connectivity index (χ4n) is 7.18. The standard InChI is InChI=1S/C42H48N2O5/c1-8-11-14-30(9-2)25-44-38-19-17-31(37(43-49-29(7)45)18-20-39(46)48-10-3)23-34(38)35-24-36(32-15-12-13-16-33(32)41(35)44)42(47)40-27(5)21-26(4)22-28(40)6/h12-13,15-17,19,21-24,30H,8-11,14,18,20,25H2,1-7H3. The molecule has 1 heterocycles. The molecule has 1 unspecified atom stereocenters. The monoisotopic (exact) mass is 660 g/mol. The lowest BCUT2D eigenvalue weighted by molar-refractivity contribution is -0.143. The van der Waals surface area contributed by atoms with Crippen molar-refractivity contribution in [1.29, 1.82) is 0 Å². The summed E-state index contributed by atoms with van der Waals surface area (Å²) >= 11 is 0. The lowest BCUT2D eigenvalue weighted by Crippen LogP contribution is -2.11. The molecule has 0 N–H and O–H groups in total. The molecule has 0 radical (unpaired) electrons. The molecule has 5 aromatic rings. The maximum atomic E-state index is 14.6. The molecular weight excluding hydrogens is 612 g/mol. The van der Waals surface area contributed by atoms with Gasteiger partial charge in [-0.2, -0.15) is 0 Å². The normalized spacial score (nSPS) is 12.5. The molecule has 7 heteroatoms. The second kappa shape index (κ2) is 15.6. The van der Waals surface area contributed by atoms with Gasteiger partial charge in [0.25, 0.3) is 0 Å². The van der Waals surface area contributed by atoms with Crippen LogP contribution in [0.5, 0.6) is 0 Å². The molecule has 1 aromatic heterocycles. The average molecular weight is 661 g/mol. The average Bonchev–Trinajstić information content (AvgIpc) is 3.38. The van der Waals surface area contributed by atoms with Crippen molar-refractivity contribution in [1.82, 2.24) is 4.57 Å². The summed E-state index contributed by atoms with van der Waals surface area (Å²) in [6.07, 6.45) is 4.86. The molecule has 7 nitrogen and oxygen atoms in total. The summed E-state index contributed by atoms with van der Waals surface area (Å²) in [6.45, 7) is 14.8. The number of fused-ring (bicyclic) bond motifs is 5. The van der Waals surface area contributed by atoms with Crippen LogP contribution in [0.25, 0.3) is 32.6 Å². The van der Waals surface area contributed by atoms with Crippen molar-refractivity contribution >= 4 is 56.0 Å². The largest absolute Gasteiger partial charge is 0.466 e. The summed E-state index contributed by atoms with van der Waals surface area (Å²) < 4.78 is 7.59. The first-order chi connectivity index (χ1) is 23.6. The van der Waals surface area contributed by atoms with Crippen LogP contribution in [0.2, 0.25) is 0 Å². The van der Waals surface area contributed by atoms with Gasteiger partial charge in [-0.05, 0) is 74.7 Å². The number of ether oxygens (including phenoxy) is 1. The summed E-state index contributed by atoms with van der Waals surface area (Å²) in [5.74, 6) is -0.391. The zero-order valence-electron chi connectivity index (χ0n) is 29.9. The SMILES string of the molecule is CCCCC(CC)Cn1c2ccc(C(CCC(=O)OCC)=NOC(C)=O)cc2c2cc(C(=O)c3c(C)cc(C)cc3C)c3ccccc3c21. The molecule has 1 atom stereocenters. The zero-order chi connectivity index (χ0) is 35.2. The predicted octanol–water partition coefficient (Wildman–Crippen LogP) is 9.93. The maximum Gasteiger partial charge on any atom is 0.331 e. The van der Waals surface area contributed by atoms with Crippen molar-refractivity contribution in [2.24, 2.45) is 11.1 Å². The Kier molecular flexibility index (Phi) is 11.3. The van der Waals surface area contributed by atoms with Crippen LogP contribution in [0.15, 0.2) is 65.8 Å². The van der Waals surface area contributed by atoms with E-state index in [1.165, 1.54) is 13.3 Å². The number of esters is 1. The number of aryl methyl sites for hydroxylation is 3. The van der Waals surface area contributed by atoms with Gasteiger partial charge in [-0.15, -0.1) is 0 Å². The molecule has 0 fully saturated rings. The molecule has 0 aliphatic carbocycles. The first-order valence-corrected chi connectivity index (χ1v) is 17.6. The zero-order valence-corrected chi connectivity index (χ0v) is 29.9. The van der Waals surface area contributed by atoms with E-state index in [9.17, 15) is 14.4 Å². The van der Waals surface area contributed by atoms with E-state index in [4.69, 9.17) is 9.57 Å². The van der Waals surface area contributed by atoms with Crippen LogP contribution in [0.4, 0.5) is 0 Å². The number of ketones is 1. The van der Waals surface area contributed by atoms with Gasteiger partial charge in [-0.1, -0.05) is 86.3 Å². The minimum absolute atomic E-state index is 0.00563. The molecule has 0 amide bonds. The summed E-state index contributed by atoms with van der Waals surface area (Å²) in [5.41, 5.74) is 7.82. The van der Waals surface area contributed by atoms with Crippen LogP contribution in [0, 0.1) is 26.7 Å². The van der Waals surface area contributed by atoms with Gasteiger partial charge in [0.1, 0.15) is 0 Å². The number of benzene rings is 4. The van der Waals surface area contributed by atoms with Crippen molar-refractivity contribution in [3.05, 3.63) is 94.0 Å². The summed E-state index contributed by atoms with van der Waals surface area (Å²) in [6, 6.07) is 20.6. The molecule has 0 saturated carbocycles. The van der Waals surface area contributed by atoms with Crippen molar-refractivity contribution in [2.45, 2.75) is 93.5 Å². The van der Waals surface area contributed by atoms with Crippen LogP contribution in [0.1, 0.15) is 104 Å². The van der Waals surface area contributed by atoms with Crippen LogP contribution in [-0.2, 0) is 25.7 Å². The van der Waals surface area contributed by atoms with Crippen LogP contribution >= 0.6 is 0 Å². The second-order valence-electron chi connectivity index (χ2n) is 13.2. The van der Waals surface area contributed by atoms with Crippen LogP contribution < -0.4 is 0 Å². The minimum Gasteiger partial charge on any atom is -0.466 e. The number of nitrogens with zero attached hydrogens (tertiary/aromatic N) is 2. The first-order valence-electron chi connectivity index (χ1n) is 17.6. The third-order valence-corrected chi connectivity index (χ3v) is 9.49. The smallest absolute Gasteiger partial charge is 0.331 e. The maximum absolute atomic E-state index is 14.6. The van der Waals surface area contributed by atoms with E-state index in [2.05, 4.69) is 73.0 Å². The summed E-state index contributed by atoms with van der Waals surface area (Å²) in [4.78, 5) is 43.7. The third-order valence-electron chi connectivity index (χ3n) is 9.49. The summed E-state index contributed by atoms with van der Waals surface area (Å²) in [7, 11) is 0. The van der Waals surface area contributed by atoms with E-state index >= 15 is 0 Å². The highest BCUT2D eigenvalue weighted by Gasteiger charge is 2.24. The molecule has 0 spiro atoms. The number of aromatic nitrogens is 1. The number of rotatable bonds is 14. The van der Waals surface area contributed by atoms with Gasteiger partial charge in [0, 0.05) is 58.3 Å². The highest BCUT2D eigenvalue weighted by molar-refractivity contribution is 6.26. The molecule has 49 heavy (non-hydrogen) atoms. The highest BCUT2D eigenvalue weighted by atomic mass is 16.7. The number of unbranched alkanes of at least 4 members (excludes halogenated alkanes) is 1. The lowest BCUT2D eigenvalue weighted by atomic mass is 9.89. The van der Waals surface area contributed by atoms with Crippen LogP contribution in [-0.4, -0.2) is 34.6 Å². The lowest BCUT2D eigenvalue weighted by Gasteiger charge is -2.19. The molecule has 4 aromatic carbocycles.